The van der Waals surface area contributed by atoms with Gasteiger partial charge in [-0.2, -0.15) is 0 Å². The number of carbonyl (C=O) groups excluding carboxylic acids is 2. The Morgan fingerprint density at radius 3 is 2.52 bits per heavy atom. The zero-order chi connectivity index (χ0) is 18.1. The molecule has 0 saturated heterocycles. The van der Waals surface area contributed by atoms with Gasteiger partial charge in [-0.1, -0.05) is 36.9 Å². The highest BCUT2D eigenvalue weighted by molar-refractivity contribution is 5.99. The monoisotopic (exact) mass is 340 g/mol. The molecule has 0 aliphatic rings. The second kappa shape index (κ2) is 9.02. The summed E-state index contributed by atoms with van der Waals surface area (Å²) >= 11 is 0. The van der Waals surface area contributed by atoms with Gasteiger partial charge in [0, 0.05) is 6.08 Å². The van der Waals surface area contributed by atoms with Crippen LogP contribution in [0, 0.1) is 5.82 Å². The molecule has 0 saturated carbocycles. The molecule has 128 valence electrons. The number of ether oxygens (including phenoxy) is 1. The molecule has 6 heteroatoms. The molecule has 2 N–H and O–H groups in total. The zero-order valence-corrected chi connectivity index (χ0v) is 13.4. The first-order chi connectivity index (χ1) is 12.1. The highest BCUT2D eigenvalue weighted by Gasteiger charge is 2.12. The molecular formula is C19H17FN2O3. The number of carbonyl (C=O) groups is 2. The molecule has 2 aromatic rings. The largest absolute Gasteiger partial charge is 0.489 e. The molecule has 0 aliphatic carbocycles. The van der Waals surface area contributed by atoms with E-state index in [4.69, 9.17) is 4.74 Å². The SMILES string of the molecule is C=CCOc1ccccc1C(=O)NNC(=O)C=Cc1ccc(F)cc1. The fourth-order valence-electron chi connectivity index (χ4n) is 1.90. The molecule has 0 aliphatic heterocycles. The summed E-state index contributed by atoms with van der Waals surface area (Å²) < 4.78 is 18.2. The van der Waals surface area contributed by atoms with Crippen LogP contribution in [0.3, 0.4) is 0 Å². The van der Waals surface area contributed by atoms with E-state index < -0.39 is 11.8 Å². The summed E-state index contributed by atoms with van der Waals surface area (Å²) in [7, 11) is 0. The molecule has 5 nitrogen and oxygen atoms in total. The van der Waals surface area contributed by atoms with Crippen molar-refractivity contribution in [1.82, 2.24) is 10.9 Å². The molecule has 0 fully saturated rings. The molecule has 0 bridgehead atoms. The summed E-state index contributed by atoms with van der Waals surface area (Å²) in [6, 6.07) is 12.3. The van der Waals surface area contributed by atoms with Gasteiger partial charge in [-0.05, 0) is 35.9 Å². The molecule has 25 heavy (non-hydrogen) atoms. The molecule has 0 atom stereocenters. The Hall–Kier alpha value is -3.41. The lowest BCUT2D eigenvalue weighted by Gasteiger charge is -2.10. The van der Waals surface area contributed by atoms with E-state index in [9.17, 15) is 14.0 Å². The first kappa shape index (κ1) is 17.9. The fourth-order valence-corrected chi connectivity index (χ4v) is 1.90. The van der Waals surface area contributed by atoms with Gasteiger partial charge in [0.1, 0.15) is 18.2 Å². The Bertz CT molecular complexity index is 786. The van der Waals surface area contributed by atoms with Crippen molar-refractivity contribution < 1.29 is 18.7 Å². The Balaban J connectivity index is 1.92. The van der Waals surface area contributed by atoms with Gasteiger partial charge in [0.05, 0.1) is 5.56 Å². The third kappa shape index (κ3) is 5.62. The topological polar surface area (TPSA) is 67.4 Å². The Labute approximate surface area is 144 Å². The number of amides is 2. The van der Waals surface area contributed by atoms with Crippen molar-refractivity contribution in [2.24, 2.45) is 0 Å². The van der Waals surface area contributed by atoms with Crippen molar-refractivity contribution in [1.29, 1.82) is 0 Å². The highest BCUT2D eigenvalue weighted by Crippen LogP contribution is 2.17. The summed E-state index contributed by atoms with van der Waals surface area (Å²) in [5.41, 5.74) is 5.52. The average Bonchev–Trinajstić information content (AvgIpc) is 2.64. The van der Waals surface area contributed by atoms with Gasteiger partial charge < -0.3 is 4.74 Å². The van der Waals surface area contributed by atoms with Gasteiger partial charge >= 0.3 is 0 Å². The first-order valence-electron chi connectivity index (χ1n) is 7.47. The van der Waals surface area contributed by atoms with Gasteiger partial charge in [-0.15, -0.1) is 0 Å². The summed E-state index contributed by atoms with van der Waals surface area (Å²) in [6.45, 7) is 3.81. The third-order valence-electron chi connectivity index (χ3n) is 3.08. The molecule has 0 heterocycles. The summed E-state index contributed by atoms with van der Waals surface area (Å²) in [5, 5.41) is 0. The number of rotatable bonds is 6. The maximum atomic E-state index is 12.8. The number of hydrogen-bond acceptors (Lipinski definition) is 3. The van der Waals surface area contributed by atoms with Crippen LogP contribution in [0.1, 0.15) is 15.9 Å². The number of para-hydroxylation sites is 1. The van der Waals surface area contributed by atoms with E-state index >= 15 is 0 Å². The van der Waals surface area contributed by atoms with E-state index in [1.807, 2.05) is 0 Å². The predicted octanol–water partition coefficient (Wildman–Crippen LogP) is 2.86. The lowest BCUT2D eigenvalue weighted by Crippen LogP contribution is -2.40. The minimum Gasteiger partial charge on any atom is -0.489 e. The Kier molecular flexibility index (Phi) is 6.47. The number of hydrogen-bond donors (Lipinski definition) is 2. The van der Waals surface area contributed by atoms with Crippen LogP contribution in [-0.4, -0.2) is 18.4 Å². The second-order valence-electron chi connectivity index (χ2n) is 4.92. The lowest BCUT2D eigenvalue weighted by atomic mass is 10.2. The minimum absolute atomic E-state index is 0.261. The number of nitrogens with one attached hydrogen (secondary N) is 2. The molecule has 2 rings (SSSR count). The van der Waals surface area contributed by atoms with Crippen LogP contribution < -0.4 is 15.6 Å². The number of benzene rings is 2. The average molecular weight is 340 g/mol. The van der Waals surface area contributed by atoms with Crippen molar-refractivity contribution in [3.63, 3.8) is 0 Å². The van der Waals surface area contributed by atoms with Crippen LogP contribution in [0.2, 0.25) is 0 Å². The van der Waals surface area contributed by atoms with Crippen molar-refractivity contribution in [3.8, 4) is 5.75 Å². The van der Waals surface area contributed by atoms with Crippen LogP contribution in [0.15, 0.2) is 67.3 Å². The van der Waals surface area contributed by atoms with E-state index in [1.54, 1.807) is 30.3 Å². The molecule has 0 spiro atoms. The van der Waals surface area contributed by atoms with Crippen LogP contribution in [0.4, 0.5) is 4.39 Å². The maximum Gasteiger partial charge on any atom is 0.273 e. The van der Waals surface area contributed by atoms with E-state index in [0.29, 0.717) is 11.3 Å². The van der Waals surface area contributed by atoms with Gasteiger partial charge in [0.25, 0.3) is 11.8 Å². The normalized spacial score (nSPS) is 10.3. The van der Waals surface area contributed by atoms with Crippen molar-refractivity contribution in [2.45, 2.75) is 0 Å². The van der Waals surface area contributed by atoms with Crippen LogP contribution in [0.5, 0.6) is 5.75 Å². The minimum atomic E-state index is -0.526. The molecular weight excluding hydrogens is 323 g/mol. The van der Waals surface area contributed by atoms with Crippen LogP contribution in [-0.2, 0) is 4.79 Å². The lowest BCUT2D eigenvalue weighted by molar-refractivity contribution is -0.117. The Morgan fingerprint density at radius 2 is 1.80 bits per heavy atom. The third-order valence-corrected chi connectivity index (χ3v) is 3.08. The van der Waals surface area contributed by atoms with Crippen molar-refractivity contribution in [2.75, 3.05) is 6.61 Å². The molecule has 2 amide bonds. The fraction of sp³-hybridized carbons (Fsp3) is 0.0526. The van der Waals surface area contributed by atoms with Crippen molar-refractivity contribution >= 4 is 17.9 Å². The van der Waals surface area contributed by atoms with Gasteiger partial charge in [-0.3, -0.25) is 20.4 Å². The standard InChI is InChI=1S/C19H17FN2O3/c1-2-13-25-17-6-4-3-5-16(17)19(24)22-21-18(23)12-9-14-7-10-15(20)11-8-14/h2-12H,1,13H2,(H,21,23)(H,22,24). The van der Waals surface area contributed by atoms with E-state index in [0.717, 1.165) is 0 Å². The molecule has 2 aromatic carbocycles. The van der Waals surface area contributed by atoms with E-state index in [-0.39, 0.29) is 18.0 Å². The summed E-state index contributed by atoms with van der Waals surface area (Å²) in [4.78, 5) is 23.9. The summed E-state index contributed by atoms with van der Waals surface area (Å²) in [5.74, 6) is -1.01. The second-order valence-corrected chi connectivity index (χ2v) is 4.92. The van der Waals surface area contributed by atoms with Crippen LogP contribution in [0.25, 0.3) is 6.08 Å². The van der Waals surface area contributed by atoms with Crippen LogP contribution >= 0.6 is 0 Å². The molecule has 0 unspecified atom stereocenters. The smallest absolute Gasteiger partial charge is 0.273 e. The predicted molar refractivity (Wildman–Crippen MR) is 93.2 cm³/mol. The quantitative estimate of drug-likeness (QED) is 0.483. The first-order valence-corrected chi connectivity index (χ1v) is 7.47. The highest BCUT2D eigenvalue weighted by atomic mass is 19.1. The number of hydrazine groups is 1. The van der Waals surface area contributed by atoms with Gasteiger partial charge in [0.2, 0.25) is 0 Å². The van der Waals surface area contributed by atoms with Gasteiger partial charge in [0.15, 0.2) is 0 Å². The molecule has 0 radical (unpaired) electrons. The van der Waals surface area contributed by atoms with E-state index in [2.05, 4.69) is 17.4 Å². The maximum absolute atomic E-state index is 12.8. The number of halogens is 1. The zero-order valence-electron chi connectivity index (χ0n) is 13.4. The summed E-state index contributed by atoms with van der Waals surface area (Å²) in [6.07, 6.45) is 4.30. The van der Waals surface area contributed by atoms with Crippen molar-refractivity contribution in [3.05, 3.63) is 84.2 Å². The Morgan fingerprint density at radius 1 is 1.08 bits per heavy atom. The molecule has 0 aromatic heterocycles. The van der Waals surface area contributed by atoms with E-state index in [1.165, 1.54) is 36.4 Å². The van der Waals surface area contributed by atoms with Gasteiger partial charge in [-0.25, -0.2) is 4.39 Å².